The zero-order chi connectivity index (χ0) is 13.7. The van der Waals surface area contributed by atoms with Gasteiger partial charge in [0.2, 0.25) is 5.91 Å². The molecule has 5 heteroatoms. The quantitative estimate of drug-likeness (QED) is 0.763. The molecule has 2 aliphatic rings. The summed E-state index contributed by atoms with van der Waals surface area (Å²) in [6, 6.07) is 0.0448. The Morgan fingerprint density at radius 2 is 2.05 bits per heavy atom. The highest BCUT2D eigenvalue weighted by molar-refractivity contribution is 5.83. The summed E-state index contributed by atoms with van der Waals surface area (Å²) in [5, 5.41) is 3.32. The van der Waals surface area contributed by atoms with Crippen LogP contribution >= 0.6 is 0 Å². The van der Waals surface area contributed by atoms with E-state index in [1.807, 2.05) is 4.90 Å². The topological polar surface area (TPSA) is 44.8 Å². The van der Waals surface area contributed by atoms with Crippen LogP contribution in [-0.4, -0.2) is 67.8 Å². The summed E-state index contributed by atoms with van der Waals surface area (Å²) in [7, 11) is 0. The average molecular weight is 269 g/mol. The van der Waals surface area contributed by atoms with Gasteiger partial charge in [-0.2, -0.15) is 0 Å². The third-order valence-corrected chi connectivity index (χ3v) is 3.85. The molecule has 0 aromatic rings. The Morgan fingerprint density at radius 1 is 1.32 bits per heavy atom. The molecule has 0 spiro atoms. The van der Waals surface area contributed by atoms with Crippen LogP contribution in [0.25, 0.3) is 0 Å². The lowest BCUT2D eigenvalue weighted by Gasteiger charge is -2.27. The van der Waals surface area contributed by atoms with E-state index in [1.54, 1.807) is 0 Å². The van der Waals surface area contributed by atoms with Crippen molar-refractivity contribution in [3.8, 4) is 0 Å². The van der Waals surface area contributed by atoms with Gasteiger partial charge in [0.25, 0.3) is 0 Å². The molecule has 0 aliphatic carbocycles. The fourth-order valence-electron chi connectivity index (χ4n) is 2.76. The standard InChI is InChI=1S/C14H27N3O2/c1-12(2)10-13-14(18)17(11-15-13)5-3-4-16-6-8-19-9-7-16/h12-13,15H,3-11H2,1-2H3. The maximum absolute atomic E-state index is 12.2. The van der Waals surface area contributed by atoms with E-state index in [0.717, 1.165) is 58.9 Å². The highest BCUT2D eigenvalue weighted by atomic mass is 16.5. The number of nitrogens with zero attached hydrogens (tertiary/aromatic N) is 2. The summed E-state index contributed by atoms with van der Waals surface area (Å²) in [5.74, 6) is 0.852. The van der Waals surface area contributed by atoms with E-state index < -0.39 is 0 Å². The molecule has 19 heavy (non-hydrogen) atoms. The summed E-state index contributed by atoms with van der Waals surface area (Å²) >= 11 is 0. The van der Waals surface area contributed by atoms with Gasteiger partial charge in [0.1, 0.15) is 0 Å². The summed E-state index contributed by atoms with van der Waals surface area (Å²) < 4.78 is 5.33. The molecule has 1 atom stereocenters. The first-order chi connectivity index (χ1) is 9.16. The Labute approximate surface area is 116 Å². The maximum atomic E-state index is 12.2. The van der Waals surface area contributed by atoms with Crippen LogP contribution in [0.1, 0.15) is 26.7 Å². The van der Waals surface area contributed by atoms with Crippen molar-refractivity contribution in [3.63, 3.8) is 0 Å². The minimum Gasteiger partial charge on any atom is -0.379 e. The van der Waals surface area contributed by atoms with Crippen molar-refractivity contribution in [2.75, 3.05) is 46.1 Å². The van der Waals surface area contributed by atoms with Gasteiger partial charge in [-0.1, -0.05) is 13.8 Å². The molecule has 0 aromatic carbocycles. The molecule has 0 bridgehead atoms. The van der Waals surface area contributed by atoms with Gasteiger partial charge in [-0.05, 0) is 18.8 Å². The van der Waals surface area contributed by atoms with Crippen molar-refractivity contribution >= 4 is 5.91 Å². The SMILES string of the molecule is CC(C)CC1NCN(CCCN2CCOCC2)C1=O. The first-order valence-corrected chi connectivity index (χ1v) is 7.49. The van der Waals surface area contributed by atoms with Crippen LogP contribution < -0.4 is 5.32 Å². The Hall–Kier alpha value is -0.650. The van der Waals surface area contributed by atoms with E-state index in [9.17, 15) is 4.79 Å². The monoisotopic (exact) mass is 269 g/mol. The van der Waals surface area contributed by atoms with Crippen LogP contribution in [-0.2, 0) is 9.53 Å². The molecule has 110 valence electrons. The van der Waals surface area contributed by atoms with Crippen molar-refractivity contribution < 1.29 is 9.53 Å². The maximum Gasteiger partial charge on any atom is 0.240 e. The number of rotatable bonds is 6. The second-order valence-corrected chi connectivity index (χ2v) is 5.95. The molecule has 2 aliphatic heterocycles. The van der Waals surface area contributed by atoms with Crippen molar-refractivity contribution in [3.05, 3.63) is 0 Å². The smallest absolute Gasteiger partial charge is 0.240 e. The van der Waals surface area contributed by atoms with E-state index in [2.05, 4.69) is 24.1 Å². The molecule has 2 fully saturated rings. The number of nitrogens with one attached hydrogen (secondary N) is 1. The fraction of sp³-hybridized carbons (Fsp3) is 0.929. The van der Waals surface area contributed by atoms with Crippen molar-refractivity contribution in [1.29, 1.82) is 0 Å². The molecule has 0 radical (unpaired) electrons. The van der Waals surface area contributed by atoms with Gasteiger partial charge in [-0.3, -0.25) is 15.0 Å². The highest BCUT2D eigenvalue weighted by Gasteiger charge is 2.30. The van der Waals surface area contributed by atoms with Gasteiger partial charge >= 0.3 is 0 Å². The second kappa shape index (κ2) is 7.22. The molecule has 2 saturated heterocycles. The summed E-state index contributed by atoms with van der Waals surface area (Å²) in [5.41, 5.74) is 0. The number of hydrogen-bond acceptors (Lipinski definition) is 4. The highest BCUT2D eigenvalue weighted by Crippen LogP contribution is 2.13. The van der Waals surface area contributed by atoms with E-state index >= 15 is 0 Å². The van der Waals surface area contributed by atoms with Crippen LogP contribution in [0.5, 0.6) is 0 Å². The molecule has 1 unspecified atom stereocenters. The van der Waals surface area contributed by atoms with E-state index in [4.69, 9.17) is 4.74 Å². The van der Waals surface area contributed by atoms with Crippen LogP contribution in [0.15, 0.2) is 0 Å². The molecular weight excluding hydrogens is 242 g/mol. The Morgan fingerprint density at radius 3 is 2.74 bits per heavy atom. The third kappa shape index (κ3) is 4.44. The van der Waals surface area contributed by atoms with Crippen LogP contribution in [0.2, 0.25) is 0 Å². The van der Waals surface area contributed by atoms with Gasteiger partial charge in [-0.15, -0.1) is 0 Å². The molecule has 5 nitrogen and oxygen atoms in total. The summed E-state index contributed by atoms with van der Waals surface area (Å²) in [6.45, 7) is 10.7. The first kappa shape index (κ1) is 14.8. The van der Waals surface area contributed by atoms with Crippen molar-refractivity contribution in [2.45, 2.75) is 32.7 Å². The number of ether oxygens (including phenoxy) is 1. The number of amides is 1. The molecule has 2 rings (SSSR count). The minimum atomic E-state index is 0.0448. The van der Waals surface area contributed by atoms with E-state index in [0.29, 0.717) is 5.92 Å². The molecule has 0 saturated carbocycles. The largest absolute Gasteiger partial charge is 0.379 e. The summed E-state index contributed by atoms with van der Waals surface area (Å²) in [6.07, 6.45) is 2.00. The normalized spacial score (nSPS) is 25.5. The fourth-order valence-corrected chi connectivity index (χ4v) is 2.76. The molecule has 2 heterocycles. The van der Waals surface area contributed by atoms with E-state index in [-0.39, 0.29) is 11.9 Å². The van der Waals surface area contributed by atoms with Gasteiger partial charge in [0.15, 0.2) is 0 Å². The molecule has 0 aromatic heterocycles. The first-order valence-electron chi connectivity index (χ1n) is 7.49. The second-order valence-electron chi connectivity index (χ2n) is 5.95. The third-order valence-electron chi connectivity index (χ3n) is 3.85. The predicted octanol–water partition coefficient (Wildman–Crippen LogP) is 0.513. The summed E-state index contributed by atoms with van der Waals surface area (Å²) in [4.78, 5) is 16.5. The molecule has 1 amide bonds. The zero-order valence-corrected chi connectivity index (χ0v) is 12.2. The van der Waals surface area contributed by atoms with Gasteiger partial charge in [-0.25, -0.2) is 0 Å². The van der Waals surface area contributed by atoms with Gasteiger partial charge in [0, 0.05) is 26.2 Å². The van der Waals surface area contributed by atoms with Crippen LogP contribution in [0.3, 0.4) is 0 Å². The Bertz CT molecular complexity index is 290. The van der Waals surface area contributed by atoms with E-state index in [1.165, 1.54) is 0 Å². The van der Waals surface area contributed by atoms with Crippen molar-refractivity contribution in [2.24, 2.45) is 5.92 Å². The number of carbonyl (C=O) groups excluding carboxylic acids is 1. The molecule has 1 N–H and O–H groups in total. The van der Waals surface area contributed by atoms with Crippen LogP contribution in [0.4, 0.5) is 0 Å². The molecular formula is C14H27N3O2. The zero-order valence-electron chi connectivity index (χ0n) is 12.2. The van der Waals surface area contributed by atoms with Crippen LogP contribution in [0, 0.1) is 5.92 Å². The Kier molecular flexibility index (Phi) is 5.60. The lowest BCUT2D eigenvalue weighted by molar-refractivity contribution is -0.129. The number of morpholine rings is 1. The number of hydrogen-bond donors (Lipinski definition) is 1. The van der Waals surface area contributed by atoms with Gasteiger partial charge < -0.3 is 9.64 Å². The predicted molar refractivity (Wildman–Crippen MR) is 74.8 cm³/mol. The van der Waals surface area contributed by atoms with Gasteiger partial charge in [0.05, 0.1) is 25.9 Å². The Balaban J connectivity index is 1.64. The number of carbonyl (C=O) groups is 1. The minimum absolute atomic E-state index is 0.0448. The lowest BCUT2D eigenvalue weighted by Crippen LogP contribution is -2.38. The average Bonchev–Trinajstić information content (AvgIpc) is 2.72. The van der Waals surface area contributed by atoms with Crippen molar-refractivity contribution in [1.82, 2.24) is 15.1 Å². The lowest BCUT2D eigenvalue weighted by atomic mass is 10.0.